The highest BCUT2D eigenvalue weighted by atomic mass is 35.5. The number of carbonyl (C=O) groups is 1. The molecule has 202 valence electrons. The molecule has 4 rings (SSSR count). The number of aryl methyl sites for hydroxylation is 2. The lowest BCUT2D eigenvalue weighted by Gasteiger charge is -2.32. The summed E-state index contributed by atoms with van der Waals surface area (Å²) < 4.78 is 28.4. The molecule has 6 nitrogen and oxygen atoms in total. The molecule has 3 aromatic rings. The molecule has 1 atom stereocenters. The van der Waals surface area contributed by atoms with Crippen LogP contribution in [0.2, 0.25) is 5.02 Å². The maximum absolute atomic E-state index is 13.6. The van der Waals surface area contributed by atoms with Gasteiger partial charge in [-0.25, -0.2) is 8.42 Å². The molecule has 0 saturated carbocycles. The number of piperidine rings is 1. The van der Waals surface area contributed by atoms with Crippen molar-refractivity contribution in [2.75, 3.05) is 28.8 Å². The summed E-state index contributed by atoms with van der Waals surface area (Å²) in [5.74, 6) is 0.384. The van der Waals surface area contributed by atoms with E-state index in [1.807, 2.05) is 39.0 Å². The van der Waals surface area contributed by atoms with Crippen LogP contribution in [0.3, 0.4) is 0 Å². The average Bonchev–Trinajstić information content (AvgIpc) is 2.89. The van der Waals surface area contributed by atoms with Crippen LogP contribution in [0.5, 0.6) is 0 Å². The Kier molecular flexibility index (Phi) is 8.68. The Bertz CT molecular complexity index is 1370. The van der Waals surface area contributed by atoms with Gasteiger partial charge >= 0.3 is 0 Å². The Morgan fingerprint density at radius 2 is 1.63 bits per heavy atom. The van der Waals surface area contributed by atoms with E-state index >= 15 is 0 Å². The minimum atomic E-state index is -4.01. The third-order valence-electron chi connectivity index (χ3n) is 7.39. The van der Waals surface area contributed by atoms with Crippen LogP contribution < -0.4 is 14.5 Å². The maximum atomic E-state index is 13.6. The first-order valence-electron chi connectivity index (χ1n) is 13.0. The molecule has 0 aliphatic carbocycles. The van der Waals surface area contributed by atoms with Crippen LogP contribution in [0.25, 0.3) is 0 Å². The number of halogens is 1. The Morgan fingerprint density at radius 1 is 1.00 bits per heavy atom. The molecule has 0 bridgehead atoms. The molecule has 1 aliphatic heterocycles. The molecular formula is C30H36ClN3O3S. The number of benzene rings is 3. The summed E-state index contributed by atoms with van der Waals surface area (Å²) in [6.07, 6.45) is 2.40. The third kappa shape index (κ3) is 6.51. The van der Waals surface area contributed by atoms with Crippen LogP contribution in [0.4, 0.5) is 11.4 Å². The Labute approximate surface area is 231 Å². The lowest BCUT2D eigenvalue weighted by Crippen LogP contribution is -2.41. The summed E-state index contributed by atoms with van der Waals surface area (Å²) in [7, 11) is -4.01. The van der Waals surface area contributed by atoms with Crippen molar-refractivity contribution in [3.8, 4) is 0 Å². The fourth-order valence-corrected chi connectivity index (χ4v) is 6.21. The van der Waals surface area contributed by atoms with Crippen LogP contribution in [-0.2, 0) is 14.8 Å². The molecule has 1 N–H and O–H groups in total. The van der Waals surface area contributed by atoms with Gasteiger partial charge in [0.2, 0.25) is 5.91 Å². The summed E-state index contributed by atoms with van der Waals surface area (Å²) in [4.78, 5) is 15.7. The average molecular weight is 554 g/mol. The Morgan fingerprint density at radius 3 is 2.24 bits per heavy atom. The summed E-state index contributed by atoms with van der Waals surface area (Å²) in [5.41, 5.74) is 4.57. The van der Waals surface area contributed by atoms with Crippen molar-refractivity contribution in [1.29, 1.82) is 0 Å². The quantitative estimate of drug-likeness (QED) is 0.357. The maximum Gasteiger partial charge on any atom is 0.264 e. The van der Waals surface area contributed by atoms with Crippen molar-refractivity contribution in [3.05, 3.63) is 88.4 Å². The fourth-order valence-electron chi connectivity index (χ4n) is 4.67. The standard InChI is InChI=1S/C30H36ClN3O3S/c1-21-15-17-33(18-16-21)27-11-6-25(7-12-27)24(4)32-30(35)20-34(28-10-5-22(2)23(3)19-28)38(36,37)29-13-8-26(31)9-14-29/h5-14,19,21,24H,15-18,20H2,1-4H3,(H,32,35). The van der Waals surface area contributed by atoms with Crippen LogP contribution in [0.15, 0.2) is 71.6 Å². The summed E-state index contributed by atoms with van der Waals surface area (Å²) in [5, 5.41) is 3.42. The number of amides is 1. The van der Waals surface area contributed by atoms with Crippen molar-refractivity contribution in [1.82, 2.24) is 5.32 Å². The smallest absolute Gasteiger partial charge is 0.264 e. The molecule has 0 spiro atoms. The number of hydrogen-bond donors (Lipinski definition) is 1. The first-order valence-corrected chi connectivity index (χ1v) is 14.9. The summed E-state index contributed by atoms with van der Waals surface area (Å²) in [6, 6.07) is 19.3. The predicted molar refractivity (Wildman–Crippen MR) is 156 cm³/mol. The van der Waals surface area contributed by atoms with Gasteiger partial charge in [-0.2, -0.15) is 0 Å². The van der Waals surface area contributed by atoms with Gasteiger partial charge in [0.1, 0.15) is 6.54 Å². The van der Waals surface area contributed by atoms with Gasteiger partial charge in [0.05, 0.1) is 16.6 Å². The van der Waals surface area contributed by atoms with E-state index in [1.54, 1.807) is 12.1 Å². The number of nitrogens with one attached hydrogen (secondary N) is 1. The highest BCUT2D eigenvalue weighted by molar-refractivity contribution is 7.92. The van der Waals surface area contributed by atoms with E-state index in [4.69, 9.17) is 11.6 Å². The molecule has 1 amide bonds. The zero-order valence-electron chi connectivity index (χ0n) is 22.4. The van der Waals surface area contributed by atoms with E-state index in [-0.39, 0.29) is 23.4 Å². The summed E-state index contributed by atoms with van der Waals surface area (Å²) >= 11 is 5.98. The van der Waals surface area contributed by atoms with Gasteiger partial charge in [0.15, 0.2) is 0 Å². The van der Waals surface area contributed by atoms with Gasteiger partial charge in [0.25, 0.3) is 10.0 Å². The van der Waals surface area contributed by atoms with E-state index < -0.39 is 10.0 Å². The van der Waals surface area contributed by atoms with E-state index in [9.17, 15) is 13.2 Å². The predicted octanol–water partition coefficient (Wildman–Crippen LogP) is 6.27. The number of nitrogens with zero attached hydrogens (tertiary/aromatic N) is 2. The van der Waals surface area contributed by atoms with Crippen LogP contribution in [0.1, 0.15) is 49.4 Å². The second-order valence-corrected chi connectivity index (χ2v) is 12.6. The van der Waals surface area contributed by atoms with Crippen molar-refractivity contribution >= 4 is 38.9 Å². The molecule has 0 radical (unpaired) electrons. The van der Waals surface area contributed by atoms with E-state index in [1.165, 1.54) is 42.8 Å². The minimum Gasteiger partial charge on any atom is -0.372 e. The SMILES string of the molecule is Cc1ccc(N(CC(=O)NC(C)c2ccc(N3CCC(C)CC3)cc2)S(=O)(=O)c2ccc(Cl)cc2)cc1C. The molecule has 3 aromatic carbocycles. The normalized spacial score (nSPS) is 15.2. The fraction of sp³-hybridized carbons (Fsp3) is 0.367. The number of sulfonamides is 1. The van der Waals surface area contributed by atoms with Crippen LogP contribution in [-0.4, -0.2) is 34.0 Å². The van der Waals surface area contributed by atoms with Gasteiger partial charge in [0, 0.05) is 23.8 Å². The van der Waals surface area contributed by atoms with Crippen LogP contribution in [0, 0.1) is 19.8 Å². The first-order chi connectivity index (χ1) is 18.0. The highest BCUT2D eigenvalue weighted by Gasteiger charge is 2.28. The first kappa shape index (κ1) is 28.0. The second-order valence-electron chi connectivity index (χ2n) is 10.3. The summed E-state index contributed by atoms with van der Waals surface area (Å²) in [6.45, 7) is 9.86. The Balaban J connectivity index is 1.51. The van der Waals surface area contributed by atoms with E-state index in [0.29, 0.717) is 10.7 Å². The topological polar surface area (TPSA) is 69.7 Å². The van der Waals surface area contributed by atoms with Gasteiger partial charge < -0.3 is 10.2 Å². The van der Waals surface area contributed by atoms with Crippen molar-refractivity contribution < 1.29 is 13.2 Å². The molecule has 1 aliphatic rings. The number of anilines is 2. The van der Waals surface area contributed by atoms with Crippen LogP contribution >= 0.6 is 11.6 Å². The largest absolute Gasteiger partial charge is 0.372 e. The second kappa shape index (κ2) is 11.8. The molecule has 1 saturated heterocycles. The van der Waals surface area contributed by atoms with Gasteiger partial charge in [-0.3, -0.25) is 9.10 Å². The van der Waals surface area contributed by atoms with Gasteiger partial charge in [-0.1, -0.05) is 36.7 Å². The van der Waals surface area contributed by atoms with E-state index in [2.05, 4.69) is 29.3 Å². The molecule has 1 fully saturated rings. The lowest BCUT2D eigenvalue weighted by molar-refractivity contribution is -0.120. The Hall–Kier alpha value is -3.03. The lowest BCUT2D eigenvalue weighted by atomic mass is 9.98. The van der Waals surface area contributed by atoms with Crippen molar-refractivity contribution in [2.24, 2.45) is 5.92 Å². The molecule has 0 aromatic heterocycles. The molecular weight excluding hydrogens is 518 g/mol. The van der Waals surface area contributed by atoms with Crippen molar-refractivity contribution in [2.45, 2.75) is 51.5 Å². The highest BCUT2D eigenvalue weighted by Crippen LogP contribution is 2.28. The molecule has 1 heterocycles. The molecule has 8 heteroatoms. The minimum absolute atomic E-state index is 0.0728. The van der Waals surface area contributed by atoms with E-state index in [0.717, 1.165) is 40.0 Å². The zero-order valence-corrected chi connectivity index (χ0v) is 24.0. The zero-order chi connectivity index (χ0) is 27.4. The number of hydrogen-bond acceptors (Lipinski definition) is 4. The van der Waals surface area contributed by atoms with Gasteiger partial charge in [-0.15, -0.1) is 0 Å². The molecule has 38 heavy (non-hydrogen) atoms. The molecule has 1 unspecified atom stereocenters. The van der Waals surface area contributed by atoms with Crippen molar-refractivity contribution in [3.63, 3.8) is 0 Å². The number of carbonyl (C=O) groups excluding carboxylic acids is 1. The van der Waals surface area contributed by atoms with Gasteiger partial charge in [-0.05, 0) is 105 Å². The monoisotopic (exact) mass is 553 g/mol. The third-order valence-corrected chi connectivity index (χ3v) is 9.43. The number of rotatable bonds is 8.